The van der Waals surface area contributed by atoms with Crippen molar-refractivity contribution in [2.75, 3.05) is 13.1 Å². The molecular formula is C20H22N2O2. The number of benzene rings is 2. The summed E-state index contributed by atoms with van der Waals surface area (Å²) >= 11 is 0. The predicted octanol–water partition coefficient (Wildman–Crippen LogP) is 2.65. The Labute approximate surface area is 142 Å². The van der Waals surface area contributed by atoms with Gasteiger partial charge in [-0.05, 0) is 30.5 Å². The topological polar surface area (TPSA) is 49.4 Å². The molecule has 4 nitrogen and oxygen atoms in total. The van der Waals surface area contributed by atoms with Gasteiger partial charge in [-0.15, -0.1) is 0 Å². The fraction of sp³-hybridized carbons (Fsp3) is 0.300. The van der Waals surface area contributed by atoms with Crippen LogP contribution in [0.2, 0.25) is 0 Å². The first-order valence-electron chi connectivity index (χ1n) is 8.40. The van der Waals surface area contributed by atoms with E-state index in [9.17, 15) is 9.59 Å². The van der Waals surface area contributed by atoms with Crippen LogP contribution in [0.4, 0.5) is 0 Å². The summed E-state index contributed by atoms with van der Waals surface area (Å²) in [7, 11) is 0. The molecule has 1 heterocycles. The first kappa shape index (κ1) is 16.2. The normalized spacial score (nSPS) is 15.1. The highest BCUT2D eigenvalue weighted by molar-refractivity contribution is 5.94. The van der Waals surface area contributed by atoms with Gasteiger partial charge in [-0.2, -0.15) is 0 Å². The van der Waals surface area contributed by atoms with Gasteiger partial charge in [0.15, 0.2) is 0 Å². The smallest absolute Gasteiger partial charge is 0.253 e. The highest BCUT2D eigenvalue weighted by Gasteiger charge is 2.24. The van der Waals surface area contributed by atoms with Crippen LogP contribution in [0.25, 0.3) is 0 Å². The fourth-order valence-corrected chi connectivity index (χ4v) is 3.05. The summed E-state index contributed by atoms with van der Waals surface area (Å²) in [6.45, 7) is 1.37. The average molecular weight is 322 g/mol. The zero-order chi connectivity index (χ0) is 16.8. The summed E-state index contributed by atoms with van der Waals surface area (Å²) in [6.07, 6.45) is 2.02. The molecule has 0 aromatic heterocycles. The number of carbonyl (C=O) groups is 2. The maximum absolute atomic E-state index is 12.4. The standard InChI is InChI=1S/C20H22N2O2/c23-19(15-16-7-3-1-4-8-16)21-18-11-13-22(14-12-18)20(24)17-9-5-2-6-10-17/h1-10,18H,11-15H2,(H,21,23). The van der Waals surface area contributed by atoms with E-state index >= 15 is 0 Å². The monoisotopic (exact) mass is 322 g/mol. The number of nitrogens with one attached hydrogen (secondary N) is 1. The van der Waals surface area contributed by atoms with Crippen molar-refractivity contribution in [3.63, 3.8) is 0 Å². The van der Waals surface area contributed by atoms with Gasteiger partial charge in [-0.25, -0.2) is 0 Å². The SMILES string of the molecule is O=C(Cc1ccccc1)NC1CCN(C(=O)c2ccccc2)CC1. The Kier molecular flexibility index (Phi) is 5.26. The van der Waals surface area contributed by atoms with Crippen LogP contribution in [0.15, 0.2) is 60.7 Å². The van der Waals surface area contributed by atoms with E-state index in [4.69, 9.17) is 0 Å². The van der Waals surface area contributed by atoms with Crippen molar-refractivity contribution in [3.05, 3.63) is 71.8 Å². The number of piperidine rings is 1. The van der Waals surface area contributed by atoms with E-state index in [2.05, 4.69) is 5.32 Å². The molecule has 124 valence electrons. The van der Waals surface area contributed by atoms with E-state index in [1.165, 1.54) is 0 Å². The molecule has 2 aromatic carbocycles. The van der Waals surface area contributed by atoms with Crippen LogP contribution in [-0.2, 0) is 11.2 Å². The van der Waals surface area contributed by atoms with Gasteiger partial charge in [0.05, 0.1) is 6.42 Å². The number of likely N-dealkylation sites (tertiary alicyclic amines) is 1. The van der Waals surface area contributed by atoms with Crippen molar-refractivity contribution < 1.29 is 9.59 Å². The summed E-state index contributed by atoms with van der Waals surface area (Å²) in [5, 5.41) is 3.09. The lowest BCUT2D eigenvalue weighted by molar-refractivity contribution is -0.121. The van der Waals surface area contributed by atoms with Crippen LogP contribution < -0.4 is 5.32 Å². The molecule has 0 unspecified atom stereocenters. The second-order valence-corrected chi connectivity index (χ2v) is 6.16. The Morgan fingerprint density at radius 3 is 2.12 bits per heavy atom. The van der Waals surface area contributed by atoms with E-state index in [1.54, 1.807) is 0 Å². The van der Waals surface area contributed by atoms with E-state index in [0.29, 0.717) is 19.5 Å². The lowest BCUT2D eigenvalue weighted by Crippen LogP contribution is -2.46. The zero-order valence-corrected chi connectivity index (χ0v) is 13.7. The third-order valence-electron chi connectivity index (χ3n) is 4.38. The molecule has 0 atom stereocenters. The Morgan fingerprint density at radius 2 is 1.50 bits per heavy atom. The summed E-state index contributed by atoms with van der Waals surface area (Å²) in [5.74, 6) is 0.124. The maximum atomic E-state index is 12.4. The van der Waals surface area contributed by atoms with Gasteiger partial charge in [0.2, 0.25) is 5.91 Å². The van der Waals surface area contributed by atoms with Crippen LogP contribution in [0.1, 0.15) is 28.8 Å². The van der Waals surface area contributed by atoms with Crippen LogP contribution in [0.5, 0.6) is 0 Å². The fourth-order valence-electron chi connectivity index (χ4n) is 3.05. The second kappa shape index (κ2) is 7.77. The van der Waals surface area contributed by atoms with Crippen molar-refractivity contribution in [1.82, 2.24) is 10.2 Å². The summed E-state index contributed by atoms with van der Waals surface area (Å²) in [4.78, 5) is 26.4. The molecule has 0 aliphatic carbocycles. The molecule has 0 spiro atoms. The molecule has 4 heteroatoms. The molecule has 1 aliphatic rings. The van der Waals surface area contributed by atoms with Crippen molar-refractivity contribution in [1.29, 1.82) is 0 Å². The lowest BCUT2D eigenvalue weighted by Gasteiger charge is -2.32. The minimum absolute atomic E-state index is 0.0500. The van der Waals surface area contributed by atoms with Crippen LogP contribution >= 0.6 is 0 Å². The molecule has 0 saturated carbocycles. The third-order valence-corrected chi connectivity index (χ3v) is 4.38. The van der Waals surface area contributed by atoms with Crippen LogP contribution in [-0.4, -0.2) is 35.8 Å². The second-order valence-electron chi connectivity index (χ2n) is 6.16. The first-order chi connectivity index (χ1) is 11.7. The number of hydrogen-bond donors (Lipinski definition) is 1. The number of hydrogen-bond acceptors (Lipinski definition) is 2. The summed E-state index contributed by atoms with van der Waals surface area (Å²) in [5.41, 5.74) is 1.75. The van der Waals surface area contributed by atoms with Crippen molar-refractivity contribution in [2.45, 2.75) is 25.3 Å². The molecular weight excluding hydrogens is 300 g/mol. The van der Waals surface area contributed by atoms with Gasteiger partial charge in [-0.3, -0.25) is 9.59 Å². The molecule has 1 saturated heterocycles. The minimum atomic E-state index is 0.0500. The Hall–Kier alpha value is -2.62. The van der Waals surface area contributed by atoms with E-state index in [-0.39, 0.29) is 17.9 Å². The quantitative estimate of drug-likeness (QED) is 0.941. The van der Waals surface area contributed by atoms with Gasteiger partial charge in [0, 0.05) is 24.7 Å². The average Bonchev–Trinajstić information content (AvgIpc) is 2.63. The van der Waals surface area contributed by atoms with E-state index < -0.39 is 0 Å². The molecule has 24 heavy (non-hydrogen) atoms. The molecule has 2 amide bonds. The van der Waals surface area contributed by atoms with Crippen molar-refractivity contribution >= 4 is 11.8 Å². The van der Waals surface area contributed by atoms with Crippen LogP contribution in [0.3, 0.4) is 0 Å². The van der Waals surface area contributed by atoms with Gasteiger partial charge in [0.25, 0.3) is 5.91 Å². The summed E-state index contributed by atoms with van der Waals surface area (Å²) in [6, 6.07) is 19.3. The molecule has 0 radical (unpaired) electrons. The lowest BCUT2D eigenvalue weighted by atomic mass is 10.0. The predicted molar refractivity (Wildman–Crippen MR) is 93.7 cm³/mol. The number of nitrogens with zero attached hydrogens (tertiary/aromatic N) is 1. The third kappa shape index (κ3) is 4.22. The highest BCUT2D eigenvalue weighted by Crippen LogP contribution is 2.14. The molecule has 0 bridgehead atoms. The highest BCUT2D eigenvalue weighted by atomic mass is 16.2. The van der Waals surface area contributed by atoms with E-state index in [0.717, 1.165) is 24.0 Å². The van der Waals surface area contributed by atoms with Gasteiger partial charge in [0.1, 0.15) is 0 Å². The maximum Gasteiger partial charge on any atom is 0.253 e. The minimum Gasteiger partial charge on any atom is -0.353 e. The Morgan fingerprint density at radius 1 is 0.917 bits per heavy atom. The van der Waals surface area contributed by atoms with Crippen molar-refractivity contribution in [3.8, 4) is 0 Å². The molecule has 1 N–H and O–H groups in total. The largest absolute Gasteiger partial charge is 0.353 e. The molecule has 1 aliphatic heterocycles. The van der Waals surface area contributed by atoms with Gasteiger partial charge >= 0.3 is 0 Å². The molecule has 1 fully saturated rings. The Balaban J connectivity index is 1.47. The first-order valence-corrected chi connectivity index (χ1v) is 8.40. The van der Waals surface area contributed by atoms with Crippen molar-refractivity contribution in [2.24, 2.45) is 0 Å². The molecule has 3 rings (SSSR count). The number of amides is 2. The van der Waals surface area contributed by atoms with Crippen LogP contribution in [0, 0.1) is 0 Å². The Bertz CT molecular complexity index is 677. The number of carbonyl (C=O) groups excluding carboxylic acids is 2. The molecule has 2 aromatic rings. The summed E-state index contributed by atoms with van der Waals surface area (Å²) < 4.78 is 0. The number of rotatable bonds is 4. The van der Waals surface area contributed by atoms with Gasteiger partial charge < -0.3 is 10.2 Å². The zero-order valence-electron chi connectivity index (χ0n) is 13.7. The van der Waals surface area contributed by atoms with Gasteiger partial charge in [-0.1, -0.05) is 48.5 Å². The van der Waals surface area contributed by atoms with E-state index in [1.807, 2.05) is 65.6 Å².